The van der Waals surface area contributed by atoms with Gasteiger partial charge in [-0.05, 0) is 31.1 Å². The quantitative estimate of drug-likeness (QED) is 0.787. The summed E-state index contributed by atoms with van der Waals surface area (Å²) in [5, 5.41) is 8.83. The van der Waals surface area contributed by atoms with Crippen LogP contribution in [0.2, 0.25) is 0 Å². The molecule has 0 saturated heterocycles. The predicted octanol–water partition coefficient (Wildman–Crippen LogP) is 3.23. The molecule has 6 heteroatoms. The van der Waals surface area contributed by atoms with Gasteiger partial charge in [-0.25, -0.2) is 8.42 Å². The maximum atomic E-state index is 13.0. The standard InChI is InChI=1S/C18H16N2O3S/c19-10-11-20-12-13-23-17(14-20)16-8-4-5-9-18(16)24(21,22)15-6-2-1-3-7-15/h1-3,5-7,9,12-14H,4,8,11H2. The Hall–Kier alpha value is -2.78. The molecular formula is C18H16N2O3S. The molecule has 1 aromatic carbocycles. The number of ether oxygens (including phenoxy) is 1. The fraction of sp³-hybridized carbons (Fsp3) is 0.167. The van der Waals surface area contributed by atoms with Crippen LogP contribution in [0.5, 0.6) is 0 Å². The molecule has 1 aromatic rings. The third kappa shape index (κ3) is 3.12. The molecule has 3 rings (SSSR count). The van der Waals surface area contributed by atoms with Crippen LogP contribution in [0.3, 0.4) is 0 Å². The first kappa shape index (κ1) is 16.1. The minimum Gasteiger partial charge on any atom is -0.462 e. The molecule has 0 N–H and O–H groups in total. The second-order valence-corrected chi connectivity index (χ2v) is 7.25. The van der Waals surface area contributed by atoms with E-state index in [0.717, 1.165) is 6.42 Å². The van der Waals surface area contributed by atoms with Crippen molar-refractivity contribution in [1.29, 1.82) is 5.26 Å². The molecule has 122 valence electrons. The highest BCUT2D eigenvalue weighted by atomic mass is 32.2. The minimum atomic E-state index is -3.63. The number of allylic oxidation sites excluding steroid dienone is 3. The molecule has 0 saturated carbocycles. The Morgan fingerprint density at radius 1 is 1.25 bits per heavy atom. The van der Waals surface area contributed by atoms with Crippen LogP contribution < -0.4 is 0 Å². The highest BCUT2D eigenvalue weighted by Crippen LogP contribution is 2.34. The number of hydrogen-bond acceptors (Lipinski definition) is 5. The van der Waals surface area contributed by atoms with Gasteiger partial charge < -0.3 is 9.64 Å². The Morgan fingerprint density at radius 3 is 2.79 bits per heavy atom. The van der Waals surface area contributed by atoms with Crippen molar-refractivity contribution in [3.8, 4) is 6.07 Å². The van der Waals surface area contributed by atoms with Gasteiger partial charge >= 0.3 is 0 Å². The van der Waals surface area contributed by atoms with Gasteiger partial charge in [0.05, 0.1) is 15.9 Å². The number of benzene rings is 1. The van der Waals surface area contributed by atoms with Gasteiger partial charge in [0.2, 0.25) is 9.84 Å². The van der Waals surface area contributed by atoms with Crippen LogP contribution in [0.4, 0.5) is 0 Å². The number of sulfone groups is 1. The van der Waals surface area contributed by atoms with E-state index in [1.807, 2.05) is 6.08 Å². The van der Waals surface area contributed by atoms with Crippen molar-refractivity contribution in [2.75, 3.05) is 6.54 Å². The van der Waals surface area contributed by atoms with Crippen molar-refractivity contribution < 1.29 is 13.2 Å². The van der Waals surface area contributed by atoms with E-state index < -0.39 is 9.84 Å². The van der Waals surface area contributed by atoms with Gasteiger partial charge in [-0.2, -0.15) is 5.26 Å². The van der Waals surface area contributed by atoms with E-state index in [0.29, 0.717) is 17.8 Å². The maximum Gasteiger partial charge on any atom is 0.206 e. The molecule has 0 spiro atoms. The molecule has 0 bridgehead atoms. The summed E-state index contributed by atoms with van der Waals surface area (Å²) < 4.78 is 31.5. The number of nitrogens with zero attached hydrogens (tertiary/aromatic N) is 2. The largest absolute Gasteiger partial charge is 0.462 e. The lowest BCUT2D eigenvalue weighted by molar-refractivity contribution is 0.314. The van der Waals surface area contributed by atoms with Crippen LogP contribution >= 0.6 is 0 Å². The summed E-state index contributed by atoms with van der Waals surface area (Å²) in [6.45, 7) is 0.174. The summed E-state index contributed by atoms with van der Waals surface area (Å²) in [6, 6.07) is 10.4. The Kier molecular flexibility index (Phi) is 4.54. The van der Waals surface area contributed by atoms with Gasteiger partial charge in [0.15, 0.2) is 0 Å². The van der Waals surface area contributed by atoms with Crippen LogP contribution in [-0.2, 0) is 14.6 Å². The normalized spacial score (nSPS) is 17.3. The maximum absolute atomic E-state index is 13.0. The zero-order valence-corrected chi connectivity index (χ0v) is 13.7. The Labute approximate surface area is 141 Å². The molecule has 1 aliphatic heterocycles. The molecule has 24 heavy (non-hydrogen) atoms. The number of hydrogen-bond donors (Lipinski definition) is 0. The van der Waals surface area contributed by atoms with E-state index in [1.165, 1.54) is 6.26 Å². The molecule has 2 aliphatic rings. The predicted molar refractivity (Wildman–Crippen MR) is 89.7 cm³/mol. The third-order valence-electron chi connectivity index (χ3n) is 3.75. The topological polar surface area (TPSA) is 70.4 Å². The molecule has 1 aliphatic carbocycles. The Balaban J connectivity index is 2.07. The molecule has 0 fully saturated rings. The first-order valence-electron chi connectivity index (χ1n) is 7.51. The molecule has 0 radical (unpaired) electrons. The first-order valence-corrected chi connectivity index (χ1v) is 8.99. The summed E-state index contributed by atoms with van der Waals surface area (Å²) in [6.07, 6.45) is 9.56. The molecule has 0 aromatic heterocycles. The smallest absolute Gasteiger partial charge is 0.206 e. The summed E-state index contributed by atoms with van der Waals surface area (Å²) >= 11 is 0. The third-order valence-corrected chi connectivity index (χ3v) is 5.61. The van der Waals surface area contributed by atoms with Gasteiger partial charge in [0, 0.05) is 18.0 Å². The lowest BCUT2D eigenvalue weighted by atomic mass is 10.0. The van der Waals surface area contributed by atoms with Crippen LogP contribution in [0.15, 0.2) is 82.3 Å². The first-order chi connectivity index (χ1) is 11.6. The summed E-state index contributed by atoms with van der Waals surface area (Å²) in [5.74, 6) is 0.464. The molecule has 1 heterocycles. The zero-order chi connectivity index (χ0) is 17.0. The number of rotatable bonds is 4. The Morgan fingerprint density at radius 2 is 2.04 bits per heavy atom. The average molecular weight is 340 g/mol. The lowest BCUT2D eigenvalue weighted by Crippen LogP contribution is -2.17. The zero-order valence-electron chi connectivity index (χ0n) is 12.9. The summed E-state index contributed by atoms with van der Waals surface area (Å²) in [7, 11) is -3.63. The van der Waals surface area contributed by atoms with Gasteiger partial charge in [0.1, 0.15) is 18.6 Å². The van der Waals surface area contributed by atoms with Crippen molar-refractivity contribution in [3.05, 3.63) is 77.4 Å². The SMILES string of the molecule is N#CCN1C=COC(C2=C(S(=O)(=O)c3ccccc3)C=CCC2)=C1. The fourth-order valence-electron chi connectivity index (χ4n) is 2.60. The van der Waals surface area contributed by atoms with Crippen LogP contribution in [0.1, 0.15) is 12.8 Å². The van der Waals surface area contributed by atoms with Gasteiger partial charge in [0.25, 0.3) is 0 Å². The molecule has 0 unspecified atom stereocenters. The van der Waals surface area contributed by atoms with Crippen LogP contribution in [0.25, 0.3) is 0 Å². The van der Waals surface area contributed by atoms with Crippen molar-refractivity contribution in [2.24, 2.45) is 0 Å². The van der Waals surface area contributed by atoms with Crippen molar-refractivity contribution in [1.82, 2.24) is 4.90 Å². The molecular weight excluding hydrogens is 324 g/mol. The molecule has 0 amide bonds. The van der Waals surface area contributed by atoms with E-state index in [4.69, 9.17) is 10.00 Å². The van der Waals surface area contributed by atoms with Crippen molar-refractivity contribution >= 4 is 9.84 Å². The Bertz CT molecular complexity index is 888. The van der Waals surface area contributed by atoms with E-state index in [9.17, 15) is 8.42 Å². The monoisotopic (exact) mass is 340 g/mol. The lowest BCUT2D eigenvalue weighted by Gasteiger charge is -2.23. The average Bonchev–Trinajstić information content (AvgIpc) is 2.63. The fourth-order valence-corrected chi connectivity index (χ4v) is 4.17. The number of nitriles is 1. The van der Waals surface area contributed by atoms with E-state index in [2.05, 4.69) is 6.07 Å². The van der Waals surface area contributed by atoms with Crippen molar-refractivity contribution in [3.63, 3.8) is 0 Å². The molecule has 5 nitrogen and oxygen atoms in total. The highest BCUT2D eigenvalue weighted by molar-refractivity contribution is 7.95. The summed E-state index contributed by atoms with van der Waals surface area (Å²) in [5.41, 5.74) is 0.633. The minimum absolute atomic E-state index is 0.174. The van der Waals surface area contributed by atoms with Gasteiger partial charge in [-0.3, -0.25) is 0 Å². The highest BCUT2D eigenvalue weighted by Gasteiger charge is 2.27. The van der Waals surface area contributed by atoms with E-state index in [-0.39, 0.29) is 16.3 Å². The second-order valence-electron chi connectivity index (χ2n) is 5.33. The van der Waals surface area contributed by atoms with Gasteiger partial charge in [-0.1, -0.05) is 24.3 Å². The van der Waals surface area contributed by atoms with Gasteiger partial charge in [-0.15, -0.1) is 0 Å². The second kappa shape index (κ2) is 6.77. The van der Waals surface area contributed by atoms with Crippen molar-refractivity contribution in [2.45, 2.75) is 17.7 Å². The van der Waals surface area contributed by atoms with Crippen LogP contribution in [0, 0.1) is 11.3 Å². The summed E-state index contributed by atoms with van der Waals surface area (Å²) in [4.78, 5) is 2.17. The van der Waals surface area contributed by atoms with Crippen LogP contribution in [-0.4, -0.2) is 19.9 Å². The van der Waals surface area contributed by atoms with E-state index >= 15 is 0 Å². The van der Waals surface area contributed by atoms with E-state index in [1.54, 1.807) is 53.7 Å². The molecule has 0 atom stereocenters.